The summed E-state index contributed by atoms with van der Waals surface area (Å²) in [4.78, 5) is 31.8. The highest BCUT2D eigenvalue weighted by atomic mass is 19.4. The molecule has 0 aliphatic carbocycles. The molecule has 2 aromatic heterocycles. The zero-order valence-electron chi connectivity index (χ0n) is 16.9. The standard InChI is InChI=1S/C23H19F3N4O2/c24-23(25,26)16-5-7-17(8-6-16)28-9-11-29(12-10-28)22(32)15-13-20-27-21(31)18-3-1-2-4-19(18)30(20)14-15/h1-8,13-14H,9-12H2,(H,27,31). The lowest BCUT2D eigenvalue weighted by Gasteiger charge is -2.36. The monoisotopic (exact) mass is 440 g/mol. The Hall–Kier alpha value is -3.75. The number of carbonyl (C=O) groups is 1. The second-order valence-corrected chi connectivity index (χ2v) is 7.78. The van der Waals surface area contributed by atoms with Crippen LogP contribution in [0.15, 0.2) is 65.6 Å². The maximum absolute atomic E-state index is 13.1. The Balaban J connectivity index is 1.33. The molecule has 9 heteroatoms. The summed E-state index contributed by atoms with van der Waals surface area (Å²) in [6.45, 7) is 1.93. The van der Waals surface area contributed by atoms with E-state index in [-0.39, 0.29) is 11.5 Å². The van der Waals surface area contributed by atoms with Crippen molar-refractivity contribution in [2.24, 2.45) is 0 Å². The Bertz CT molecular complexity index is 1360. The van der Waals surface area contributed by atoms with Crippen molar-refractivity contribution < 1.29 is 18.0 Å². The van der Waals surface area contributed by atoms with Crippen molar-refractivity contribution in [3.05, 3.63) is 82.3 Å². The van der Waals surface area contributed by atoms with Crippen molar-refractivity contribution in [2.45, 2.75) is 6.18 Å². The van der Waals surface area contributed by atoms with Gasteiger partial charge in [0.15, 0.2) is 0 Å². The van der Waals surface area contributed by atoms with Gasteiger partial charge in [-0.25, -0.2) is 0 Å². The smallest absolute Gasteiger partial charge is 0.368 e. The molecule has 0 radical (unpaired) electrons. The van der Waals surface area contributed by atoms with Gasteiger partial charge in [0.05, 0.1) is 22.0 Å². The molecular formula is C23H19F3N4O2. The third kappa shape index (κ3) is 3.49. The van der Waals surface area contributed by atoms with E-state index < -0.39 is 11.7 Å². The van der Waals surface area contributed by atoms with Crippen LogP contribution in [0.2, 0.25) is 0 Å². The average Bonchev–Trinajstić information content (AvgIpc) is 3.23. The molecule has 1 N–H and O–H groups in total. The van der Waals surface area contributed by atoms with Crippen molar-refractivity contribution >= 4 is 28.1 Å². The van der Waals surface area contributed by atoms with Gasteiger partial charge in [0.2, 0.25) is 0 Å². The Morgan fingerprint density at radius 3 is 2.31 bits per heavy atom. The number of fused-ring (bicyclic) bond motifs is 3. The van der Waals surface area contributed by atoms with E-state index in [4.69, 9.17) is 0 Å². The van der Waals surface area contributed by atoms with E-state index in [0.717, 1.165) is 17.6 Å². The van der Waals surface area contributed by atoms with Crippen molar-refractivity contribution in [1.82, 2.24) is 14.3 Å². The molecule has 32 heavy (non-hydrogen) atoms. The van der Waals surface area contributed by atoms with Gasteiger partial charge in [-0.3, -0.25) is 9.59 Å². The lowest BCUT2D eigenvalue weighted by molar-refractivity contribution is -0.137. The lowest BCUT2D eigenvalue weighted by atomic mass is 10.1. The molecule has 3 heterocycles. The Labute approximate surface area is 180 Å². The Kier molecular flexibility index (Phi) is 4.69. The number of H-pyrrole nitrogens is 1. The minimum atomic E-state index is -4.36. The number of hydrogen-bond acceptors (Lipinski definition) is 3. The molecule has 4 aromatic rings. The summed E-state index contributed by atoms with van der Waals surface area (Å²) in [7, 11) is 0. The summed E-state index contributed by atoms with van der Waals surface area (Å²) in [6.07, 6.45) is -2.64. The number of nitrogens with zero attached hydrogens (tertiary/aromatic N) is 3. The molecule has 1 amide bonds. The van der Waals surface area contributed by atoms with Gasteiger partial charge in [-0.15, -0.1) is 0 Å². The van der Waals surface area contributed by atoms with Gasteiger partial charge < -0.3 is 19.2 Å². The van der Waals surface area contributed by atoms with Gasteiger partial charge >= 0.3 is 6.18 Å². The zero-order valence-corrected chi connectivity index (χ0v) is 16.9. The van der Waals surface area contributed by atoms with Crippen LogP contribution in [0.25, 0.3) is 16.6 Å². The topological polar surface area (TPSA) is 60.8 Å². The number of para-hydroxylation sites is 1. The SMILES string of the molecule is O=C(c1cc2[nH]c(=O)c3ccccc3n2c1)N1CCN(c2ccc(C(F)(F)F)cc2)CC1. The van der Waals surface area contributed by atoms with E-state index in [1.54, 1.807) is 33.7 Å². The molecule has 0 unspecified atom stereocenters. The number of amides is 1. The summed E-state index contributed by atoms with van der Waals surface area (Å²) in [5, 5.41) is 0.541. The number of aromatic nitrogens is 2. The normalized spacial score (nSPS) is 15.0. The Morgan fingerprint density at radius 1 is 0.938 bits per heavy atom. The van der Waals surface area contributed by atoms with Crippen LogP contribution in [-0.2, 0) is 6.18 Å². The first-order chi connectivity index (χ1) is 15.3. The fourth-order valence-electron chi connectivity index (χ4n) is 4.15. The number of carbonyl (C=O) groups excluding carboxylic acids is 1. The molecule has 164 valence electrons. The first-order valence-corrected chi connectivity index (χ1v) is 10.2. The molecule has 0 atom stereocenters. The van der Waals surface area contributed by atoms with E-state index >= 15 is 0 Å². The van der Waals surface area contributed by atoms with Crippen LogP contribution < -0.4 is 10.5 Å². The van der Waals surface area contributed by atoms with Crippen LogP contribution in [-0.4, -0.2) is 46.4 Å². The highest BCUT2D eigenvalue weighted by Gasteiger charge is 2.30. The maximum Gasteiger partial charge on any atom is 0.416 e. The van der Waals surface area contributed by atoms with Crippen LogP contribution in [0, 0.1) is 0 Å². The molecule has 1 saturated heterocycles. The zero-order chi connectivity index (χ0) is 22.5. The van der Waals surface area contributed by atoms with Crippen LogP contribution in [0.4, 0.5) is 18.9 Å². The maximum atomic E-state index is 13.1. The summed E-state index contributed by atoms with van der Waals surface area (Å²) in [5.74, 6) is -0.148. The predicted octanol–water partition coefficient (Wildman–Crippen LogP) is 3.76. The minimum absolute atomic E-state index is 0.148. The molecule has 0 bridgehead atoms. The molecule has 2 aromatic carbocycles. The molecule has 1 aliphatic heterocycles. The van der Waals surface area contributed by atoms with E-state index in [1.807, 2.05) is 17.0 Å². The first-order valence-electron chi connectivity index (χ1n) is 10.2. The average molecular weight is 440 g/mol. The number of alkyl halides is 3. The number of aromatic amines is 1. The summed E-state index contributed by atoms with van der Waals surface area (Å²) in [6, 6.07) is 13.9. The quantitative estimate of drug-likeness (QED) is 0.516. The number of halogens is 3. The van der Waals surface area contributed by atoms with Crippen molar-refractivity contribution in [3.8, 4) is 0 Å². The van der Waals surface area contributed by atoms with Gasteiger partial charge in [-0.2, -0.15) is 13.2 Å². The Morgan fingerprint density at radius 2 is 1.62 bits per heavy atom. The molecule has 6 nitrogen and oxygen atoms in total. The largest absolute Gasteiger partial charge is 0.416 e. The van der Waals surface area contributed by atoms with E-state index in [2.05, 4.69) is 4.98 Å². The number of benzene rings is 2. The summed E-state index contributed by atoms with van der Waals surface area (Å²) >= 11 is 0. The number of nitrogens with one attached hydrogen (secondary N) is 1. The second kappa shape index (κ2) is 7.44. The van der Waals surface area contributed by atoms with Crippen LogP contribution in [0.3, 0.4) is 0 Å². The fraction of sp³-hybridized carbons (Fsp3) is 0.217. The number of piperazine rings is 1. The van der Waals surface area contributed by atoms with E-state index in [0.29, 0.717) is 48.5 Å². The van der Waals surface area contributed by atoms with Gasteiger partial charge in [0.1, 0.15) is 5.65 Å². The summed E-state index contributed by atoms with van der Waals surface area (Å²) < 4.78 is 40.1. The van der Waals surface area contributed by atoms with Gasteiger partial charge in [-0.05, 0) is 42.5 Å². The molecule has 1 fully saturated rings. The number of anilines is 1. The molecular weight excluding hydrogens is 421 g/mol. The fourth-order valence-corrected chi connectivity index (χ4v) is 4.15. The number of rotatable bonds is 2. The lowest BCUT2D eigenvalue weighted by Crippen LogP contribution is -2.48. The molecule has 0 spiro atoms. The minimum Gasteiger partial charge on any atom is -0.368 e. The van der Waals surface area contributed by atoms with E-state index in [1.165, 1.54) is 12.1 Å². The first kappa shape index (κ1) is 20.2. The molecule has 5 rings (SSSR count). The number of hydrogen-bond donors (Lipinski definition) is 1. The van der Waals surface area contributed by atoms with Gasteiger partial charge in [0.25, 0.3) is 11.5 Å². The molecule has 0 saturated carbocycles. The third-order valence-corrected chi connectivity index (χ3v) is 5.84. The van der Waals surface area contributed by atoms with E-state index in [9.17, 15) is 22.8 Å². The highest BCUT2D eigenvalue weighted by molar-refractivity contribution is 5.96. The van der Waals surface area contributed by atoms with Gasteiger partial charge in [-0.1, -0.05) is 12.1 Å². The third-order valence-electron chi connectivity index (χ3n) is 5.84. The van der Waals surface area contributed by atoms with Gasteiger partial charge in [0, 0.05) is 38.1 Å². The van der Waals surface area contributed by atoms with Crippen molar-refractivity contribution in [2.75, 3.05) is 31.1 Å². The van der Waals surface area contributed by atoms with Crippen LogP contribution >= 0.6 is 0 Å². The van der Waals surface area contributed by atoms with Crippen LogP contribution in [0.1, 0.15) is 15.9 Å². The van der Waals surface area contributed by atoms with Crippen molar-refractivity contribution in [3.63, 3.8) is 0 Å². The highest BCUT2D eigenvalue weighted by Crippen LogP contribution is 2.30. The van der Waals surface area contributed by atoms with Crippen molar-refractivity contribution in [1.29, 1.82) is 0 Å². The van der Waals surface area contributed by atoms with Crippen LogP contribution in [0.5, 0.6) is 0 Å². The summed E-state index contributed by atoms with van der Waals surface area (Å²) in [5.41, 5.74) is 1.54. The second-order valence-electron chi connectivity index (χ2n) is 7.78. The molecule has 1 aliphatic rings. The predicted molar refractivity (Wildman–Crippen MR) is 115 cm³/mol.